The van der Waals surface area contributed by atoms with Crippen LogP contribution in [0.1, 0.15) is 60.6 Å². The summed E-state index contributed by atoms with van der Waals surface area (Å²) >= 11 is 0. The zero-order valence-electron chi connectivity index (χ0n) is 10.9. The molecule has 0 bridgehead atoms. The molecule has 1 aliphatic heterocycles. The number of hydrogen-bond acceptors (Lipinski definition) is 3. The standard InChI is InChI=1S/C16H18O3/c17-14(11-6-2-1-3-7-11)10-15-12-8-4-5-9-13(12)16(18)19-15/h4-5,8-9,11,15H,1-3,6-7,10H2. The molecule has 1 aliphatic carbocycles. The second kappa shape index (κ2) is 5.16. The molecule has 1 saturated carbocycles. The van der Waals surface area contributed by atoms with Crippen LogP contribution in [0.5, 0.6) is 0 Å². The number of hydrogen-bond donors (Lipinski definition) is 0. The molecule has 1 aromatic carbocycles. The fraction of sp³-hybridized carbons (Fsp3) is 0.500. The van der Waals surface area contributed by atoms with Crippen LogP contribution in [0.25, 0.3) is 0 Å². The lowest BCUT2D eigenvalue weighted by Gasteiger charge is -2.21. The number of fused-ring (bicyclic) bond motifs is 1. The molecule has 19 heavy (non-hydrogen) atoms. The topological polar surface area (TPSA) is 43.4 Å². The number of ketones is 1. The highest BCUT2D eigenvalue weighted by Gasteiger charge is 2.33. The van der Waals surface area contributed by atoms with Gasteiger partial charge in [0, 0.05) is 17.9 Å². The molecule has 3 rings (SSSR count). The van der Waals surface area contributed by atoms with Gasteiger partial charge in [-0.2, -0.15) is 0 Å². The average Bonchev–Trinajstić information content (AvgIpc) is 2.77. The summed E-state index contributed by atoms with van der Waals surface area (Å²) in [5.41, 5.74) is 1.49. The van der Waals surface area contributed by atoms with Crippen LogP contribution >= 0.6 is 0 Å². The SMILES string of the molecule is O=C1OC(CC(=O)C2CCCCC2)c2ccccc21. The van der Waals surface area contributed by atoms with E-state index in [2.05, 4.69) is 0 Å². The summed E-state index contributed by atoms with van der Waals surface area (Å²) < 4.78 is 5.33. The number of cyclic esters (lactones) is 1. The molecule has 0 aromatic heterocycles. The number of rotatable bonds is 3. The Hall–Kier alpha value is -1.64. The molecule has 1 aromatic rings. The van der Waals surface area contributed by atoms with E-state index in [4.69, 9.17) is 4.74 Å². The number of Topliss-reactive ketones (excluding diaryl/α,β-unsaturated/α-hetero) is 1. The molecule has 0 radical (unpaired) electrons. The highest BCUT2D eigenvalue weighted by molar-refractivity contribution is 5.95. The number of ether oxygens (including phenoxy) is 1. The predicted molar refractivity (Wildman–Crippen MR) is 70.8 cm³/mol. The highest BCUT2D eigenvalue weighted by atomic mass is 16.5. The molecule has 3 heteroatoms. The van der Waals surface area contributed by atoms with Crippen LogP contribution in [0.3, 0.4) is 0 Å². The Morgan fingerprint density at radius 1 is 1.16 bits per heavy atom. The Balaban J connectivity index is 1.71. The molecule has 2 aliphatic rings. The van der Waals surface area contributed by atoms with E-state index in [1.807, 2.05) is 18.2 Å². The summed E-state index contributed by atoms with van der Waals surface area (Å²) in [4.78, 5) is 24.0. The van der Waals surface area contributed by atoms with Crippen molar-refractivity contribution in [2.24, 2.45) is 5.92 Å². The van der Waals surface area contributed by atoms with E-state index < -0.39 is 0 Å². The van der Waals surface area contributed by atoms with E-state index in [0.29, 0.717) is 12.0 Å². The van der Waals surface area contributed by atoms with Crippen LogP contribution in [0.4, 0.5) is 0 Å². The van der Waals surface area contributed by atoms with Gasteiger partial charge < -0.3 is 4.74 Å². The van der Waals surface area contributed by atoms with Crippen molar-refractivity contribution >= 4 is 11.8 Å². The number of carbonyl (C=O) groups excluding carboxylic acids is 2. The summed E-state index contributed by atoms with van der Waals surface area (Å²) in [6, 6.07) is 7.37. The average molecular weight is 258 g/mol. The lowest BCUT2D eigenvalue weighted by molar-refractivity contribution is -0.125. The molecule has 0 saturated heterocycles. The molecule has 0 amide bonds. The minimum absolute atomic E-state index is 0.181. The number of benzene rings is 1. The van der Waals surface area contributed by atoms with Gasteiger partial charge in [-0.3, -0.25) is 4.79 Å². The van der Waals surface area contributed by atoms with Crippen molar-refractivity contribution in [3.63, 3.8) is 0 Å². The van der Waals surface area contributed by atoms with Crippen LogP contribution < -0.4 is 0 Å². The third-order valence-corrected chi connectivity index (χ3v) is 4.22. The predicted octanol–water partition coefficient (Wildman–Crippen LogP) is 3.44. The molecule has 1 unspecified atom stereocenters. The van der Waals surface area contributed by atoms with Crippen molar-refractivity contribution < 1.29 is 14.3 Å². The van der Waals surface area contributed by atoms with Gasteiger partial charge in [0.2, 0.25) is 0 Å². The van der Waals surface area contributed by atoms with Crippen LogP contribution in [0.2, 0.25) is 0 Å². The van der Waals surface area contributed by atoms with Crippen LogP contribution in [0, 0.1) is 5.92 Å². The molecular weight excluding hydrogens is 240 g/mol. The van der Waals surface area contributed by atoms with Gasteiger partial charge in [-0.25, -0.2) is 4.79 Å². The Bertz CT molecular complexity index is 500. The molecule has 0 spiro atoms. The first-order valence-electron chi connectivity index (χ1n) is 7.08. The molecule has 3 nitrogen and oxygen atoms in total. The van der Waals surface area contributed by atoms with Crippen molar-refractivity contribution in [2.75, 3.05) is 0 Å². The van der Waals surface area contributed by atoms with Gasteiger partial charge in [-0.05, 0) is 18.9 Å². The molecule has 1 atom stereocenters. The lowest BCUT2D eigenvalue weighted by Crippen LogP contribution is -2.20. The summed E-state index contributed by atoms with van der Waals surface area (Å²) in [5, 5.41) is 0. The fourth-order valence-electron chi connectivity index (χ4n) is 3.15. The second-order valence-corrected chi connectivity index (χ2v) is 5.49. The van der Waals surface area contributed by atoms with E-state index in [-0.39, 0.29) is 23.8 Å². The largest absolute Gasteiger partial charge is 0.453 e. The van der Waals surface area contributed by atoms with Gasteiger partial charge in [-0.15, -0.1) is 0 Å². The van der Waals surface area contributed by atoms with Crippen LogP contribution in [-0.2, 0) is 9.53 Å². The van der Waals surface area contributed by atoms with Gasteiger partial charge in [0.05, 0.1) is 5.56 Å². The van der Waals surface area contributed by atoms with E-state index in [1.165, 1.54) is 6.42 Å². The third kappa shape index (κ3) is 2.42. The summed E-state index contributed by atoms with van der Waals surface area (Å²) in [7, 11) is 0. The number of carbonyl (C=O) groups is 2. The fourth-order valence-corrected chi connectivity index (χ4v) is 3.15. The summed E-state index contributed by atoms with van der Waals surface area (Å²) in [5.74, 6) is 0.145. The Kier molecular flexibility index (Phi) is 3.36. The smallest absolute Gasteiger partial charge is 0.339 e. The second-order valence-electron chi connectivity index (χ2n) is 5.49. The van der Waals surface area contributed by atoms with E-state index in [9.17, 15) is 9.59 Å². The Morgan fingerprint density at radius 3 is 2.68 bits per heavy atom. The van der Waals surface area contributed by atoms with Crippen molar-refractivity contribution in [1.29, 1.82) is 0 Å². The highest BCUT2D eigenvalue weighted by Crippen LogP contribution is 2.35. The third-order valence-electron chi connectivity index (χ3n) is 4.22. The van der Waals surface area contributed by atoms with Crippen molar-refractivity contribution in [2.45, 2.75) is 44.6 Å². The quantitative estimate of drug-likeness (QED) is 0.780. The first kappa shape index (κ1) is 12.4. The maximum absolute atomic E-state index is 12.3. The molecule has 100 valence electrons. The van der Waals surface area contributed by atoms with Crippen molar-refractivity contribution in [3.05, 3.63) is 35.4 Å². The molecule has 1 heterocycles. The minimum Gasteiger partial charge on any atom is -0.453 e. The summed E-state index contributed by atoms with van der Waals surface area (Å²) in [6.45, 7) is 0. The minimum atomic E-state index is -0.363. The monoisotopic (exact) mass is 258 g/mol. The van der Waals surface area contributed by atoms with Crippen molar-refractivity contribution in [1.82, 2.24) is 0 Å². The first-order valence-corrected chi connectivity index (χ1v) is 7.08. The zero-order valence-corrected chi connectivity index (χ0v) is 10.9. The first-order chi connectivity index (χ1) is 9.25. The van der Waals surface area contributed by atoms with Crippen LogP contribution in [0.15, 0.2) is 24.3 Å². The summed E-state index contributed by atoms with van der Waals surface area (Å²) in [6.07, 6.45) is 5.52. The van der Waals surface area contributed by atoms with E-state index in [0.717, 1.165) is 31.2 Å². The lowest BCUT2D eigenvalue weighted by atomic mass is 9.84. The van der Waals surface area contributed by atoms with E-state index in [1.54, 1.807) is 6.07 Å². The van der Waals surface area contributed by atoms with E-state index >= 15 is 0 Å². The normalized spacial score (nSPS) is 22.9. The van der Waals surface area contributed by atoms with Crippen molar-refractivity contribution in [3.8, 4) is 0 Å². The van der Waals surface area contributed by atoms with Crippen LogP contribution in [-0.4, -0.2) is 11.8 Å². The Labute approximate surface area is 113 Å². The molecular formula is C16H18O3. The van der Waals surface area contributed by atoms with Gasteiger partial charge >= 0.3 is 5.97 Å². The maximum atomic E-state index is 12.3. The molecule has 1 fully saturated rings. The molecule has 0 N–H and O–H groups in total. The van der Waals surface area contributed by atoms with Gasteiger partial charge in [0.25, 0.3) is 0 Å². The number of esters is 1. The maximum Gasteiger partial charge on any atom is 0.339 e. The van der Waals surface area contributed by atoms with Gasteiger partial charge in [0.15, 0.2) is 0 Å². The Morgan fingerprint density at radius 2 is 1.89 bits per heavy atom. The van der Waals surface area contributed by atoms with Gasteiger partial charge in [0.1, 0.15) is 11.9 Å². The zero-order chi connectivity index (χ0) is 13.2. The van der Waals surface area contributed by atoms with Gasteiger partial charge in [-0.1, -0.05) is 37.5 Å².